The van der Waals surface area contributed by atoms with Crippen molar-refractivity contribution in [1.82, 2.24) is 10.6 Å². The van der Waals surface area contributed by atoms with E-state index in [9.17, 15) is 9.59 Å². The second kappa shape index (κ2) is 8.50. The number of hydrogen-bond donors (Lipinski definition) is 2. The molecule has 0 bridgehead atoms. The summed E-state index contributed by atoms with van der Waals surface area (Å²) in [6.07, 6.45) is 4.13. The zero-order valence-electron chi connectivity index (χ0n) is 12.2. The first-order valence-corrected chi connectivity index (χ1v) is 5.83. The monoisotopic (exact) mass is 254 g/mol. The average molecular weight is 254 g/mol. The highest BCUT2D eigenvalue weighted by Gasteiger charge is 2.25. The number of rotatable bonds is 5. The molecule has 18 heavy (non-hydrogen) atoms. The summed E-state index contributed by atoms with van der Waals surface area (Å²) in [5, 5.41) is 5.10. The maximum absolute atomic E-state index is 11.1. The van der Waals surface area contributed by atoms with Gasteiger partial charge in [-0.15, -0.1) is 0 Å². The topological polar surface area (TPSA) is 58.2 Å². The Bertz CT molecular complexity index is 283. The first kappa shape index (κ1) is 18.8. The van der Waals surface area contributed by atoms with Gasteiger partial charge in [-0.2, -0.15) is 0 Å². The minimum absolute atomic E-state index is 0.103. The normalized spacial score (nSPS) is 10.5. The summed E-state index contributed by atoms with van der Waals surface area (Å²) in [5.74, 6) is -0.103. The molecule has 0 atom stereocenters. The largest absolute Gasteiger partial charge is 0.348 e. The van der Waals surface area contributed by atoms with Crippen molar-refractivity contribution in [1.29, 1.82) is 0 Å². The molecule has 104 valence electrons. The lowest BCUT2D eigenvalue weighted by Crippen LogP contribution is -2.45. The minimum atomic E-state index is -0.163. The second-order valence-electron chi connectivity index (χ2n) is 5.80. The van der Waals surface area contributed by atoms with Crippen LogP contribution in [0.4, 0.5) is 0 Å². The number of hydrogen-bond acceptors (Lipinski definition) is 2. The Hall–Kier alpha value is -1.58. The van der Waals surface area contributed by atoms with E-state index < -0.39 is 0 Å². The predicted octanol–water partition coefficient (Wildman–Crippen LogP) is 2.38. The summed E-state index contributed by atoms with van der Waals surface area (Å²) in [7, 11) is 0. The Morgan fingerprint density at radius 3 is 1.89 bits per heavy atom. The number of amides is 2. The molecule has 0 saturated heterocycles. The van der Waals surface area contributed by atoms with Crippen molar-refractivity contribution in [3.8, 4) is 0 Å². The van der Waals surface area contributed by atoms with Crippen molar-refractivity contribution in [3.05, 3.63) is 25.4 Å². The number of nitrogens with one attached hydrogen (secondary N) is 2. The van der Waals surface area contributed by atoms with Crippen LogP contribution in [0.5, 0.6) is 0 Å². The van der Waals surface area contributed by atoms with E-state index in [1.165, 1.54) is 12.3 Å². The van der Waals surface area contributed by atoms with Gasteiger partial charge in [0.05, 0.1) is 0 Å². The van der Waals surface area contributed by atoms with Crippen LogP contribution in [0.2, 0.25) is 0 Å². The van der Waals surface area contributed by atoms with Crippen LogP contribution in [-0.4, -0.2) is 17.9 Å². The molecule has 4 nitrogen and oxygen atoms in total. The van der Waals surface area contributed by atoms with Crippen molar-refractivity contribution in [3.63, 3.8) is 0 Å². The molecular formula is C14H26N2O2. The van der Waals surface area contributed by atoms with Gasteiger partial charge in [0.15, 0.2) is 0 Å². The quantitative estimate of drug-likeness (QED) is 0.584. The van der Waals surface area contributed by atoms with Crippen LogP contribution >= 0.6 is 0 Å². The molecule has 2 N–H and O–H groups in total. The van der Waals surface area contributed by atoms with Gasteiger partial charge in [-0.05, 0) is 38.0 Å². The summed E-state index contributed by atoms with van der Waals surface area (Å²) < 4.78 is 0. The molecule has 0 unspecified atom stereocenters. The van der Waals surface area contributed by atoms with E-state index in [2.05, 4.69) is 44.6 Å². The third-order valence-corrected chi connectivity index (χ3v) is 1.81. The number of carbonyl (C=O) groups is 2. The van der Waals surface area contributed by atoms with Crippen LogP contribution in [0.1, 0.15) is 41.0 Å². The molecule has 0 rings (SSSR count). The molecule has 0 heterocycles. The fourth-order valence-corrected chi connectivity index (χ4v) is 1.80. The van der Waals surface area contributed by atoms with Gasteiger partial charge in [-0.1, -0.05) is 33.9 Å². The third kappa shape index (κ3) is 14.4. The predicted molar refractivity (Wildman–Crippen MR) is 75.9 cm³/mol. The Labute approximate surface area is 111 Å². The van der Waals surface area contributed by atoms with E-state index in [4.69, 9.17) is 0 Å². The standard InChI is InChI=1S/C11H21NO.C3H5NO/c1-7-9(13)12-11(5,6)8-10(2,3)4;1-2-4-3-5/h7H,1,8H2,2-6H3,(H,12,13);2-3H,1H2,(H,4,5). The lowest BCUT2D eigenvalue weighted by Gasteiger charge is -2.32. The van der Waals surface area contributed by atoms with Crippen LogP contribution < -0.4 is 10.6 Å². The van der Waals surface area contributed by atoms with Crippen molar-refractivity contribution >= 4 is 12.3 Å². The smallest absolute Gasteiger partial charge is 0.243 e. The third-order valence-electron chi connectivity index (χ3n) is 1.81. The molecule has 0 spiro atoms. The molecule has 0 aromatic rings. The first-order chi connectivity index (χ1) is 8.08. The molecule has 2 amide bonds. The highest BCUT2D eigenvalue weighted by molar-refractivity contribution is 5.87. The summed E-state index contributed by atoms with van der Waals surface area (Å²) in [4.78, 5) is 20.3. The molecule has 0 aliphatic heterocycles. The molecule has 0 aromatic heterocycles. The summed E-state index contributed by atoms with van der Waals surface area (Å²) in [6.45, 7) is 17.2. The van der Waals surface area contributed by atoms with Crippen LogP contribution in [-0.2, 0) is 9.59 Å². The SMILES string of the molecule is C=CC(=O)NC(C)(C)CC(C)(C)C.C=CNC=O. The van der Waals surface area contributed by atoms with Gasteiger partial charge in [0.2, 0.25) is 12.3 Å². The van der Waals surface area contributed by atoms with Gasteiger partial charge >= 0.3 is 0 Å². The van der Waals surface area contributed by atoms with Gasteiger partial charge in [0.25, 0.3) is 0 Å². The van der Waals surface area contributed by atoms with Crippen molar-refractivity contribution in [2.24, 2.45) is 5.41 Å². The minimum Gasteiger partial charge on any atom is -0.348 e. The first-order valence-electron chi connectivity index (χ1n) is 5.83. The second-order valence-corrected chi connectivity index (χ2v) is 5.80. The Morgan fingerprint density at radius 1 is 1.17 bits per heavy atom. The van der Waals surface area contributed by atoms with Gasteiger partial charge in [-0.3, -0.25) is 9.59 Å². The Balaban J connectivity index is 0. The van der Waals surface area contributed by atoms with E-state index in [1.807, 2.05) is 13.8 Å². The highest BCUT2D eigenvalue weighted by atomic mass is 16.1. The van der Waals surface area contributed by atoms with Gasteiger partial charge in [0, 0.05) is 5.54 Å². The molecule has 0 aromatic carbocycles. The molecule has 0 fully saturated rings. The van der Waals surface area contributed by atoms with E-state index >= 15 is 0 Å². The Morgan fingerprint density at radius 2 is 1.67 bits per heavy atom. The fraction of sp³-hybridized carbons (Fsp3) is 0.571. The summed E-state index contributed by atoms with van der Waals surface area (Å²) in [5.41, 5.74) is 0.0570. The molecule has 0 aliphatic carbocycles. The molecular weight excluding hydrogens is 228 g/mol. The zero-order chi connectivity index (χ0) is 14.8. The Kier molecular flexibility index (Phi) is 8.87. The zero-order valence-corrected chi connectivity index (χ0v) is 12.2. The molecule has 0 saturated carbocycles. The molecule has 0 radical (unpaired) electrons. The van der Waals surface area contributed by atoms with Crippen molar-refractivity contribution < 1.29 is 9.59 Å². The van der Waals surface area contributed by atoms with E-state index in [1.54, 1.807) is 0 Å². The van der Waals surface area contributed by atoms with Crippen LogP contribution in [0.3, 0.4) is 0 Å². The van der Waals surface area contributed by atoms with Crippen molar-refractivity contribution in [2.75, 3.05) is 0 Å². The average Bonchev–Trinajstić information content (AvgIpc) is 2.15. The lowest BCUT2D eigenvalue weighted by molar-refractivity contribution is -0.118. The fourth-order valence-electron chi connectivity index (χ4n) is 1.80. The maximum atomic E-state index is 11.1. The van der Waals surface area contributed by atoms with Gasteiger partial charge in [0.1, 0.15) is 0 Å². The van der Waals surface area contributed by atoms with Gasteiger partial charge in [-0.25, -0.2) is 0 Å². The van der Waals surface area contributed by atoms with E-state index in [0.717, 1.165) is 6.42 Å². The van der Waals surface area contributed by atoms with Crippen LogP contribution in [0.15, 0.2) is 25.4 Å². The highest BCUT2D eigenvalue weighted by Crippen LogP contribution is 2.26. The molecule has 0 aliphatic rings. The summed E-state index contributed by atoms with van der Waals surface area (Å²) >= 11 is 0. The number of carbonyl (C=O) groups excluding carboxylic acids is 2. The van der Waals surface area contributed by atoms with E-state index in [0.29, 0.717) is 6.41 Å². The maximum Gasteiger partial charge on any atom is 0.243 e. The van der Waals surface area contributed by atoms with Gasteiger partial charge < -0.3 is 10.6 Å². The summed E-state index contributed by atoms with van der Waals surface area (Å²) in [6, 6.07) is 0. The lowest BCUT2D eigenvalue weighted by atomic mass is 9.82. The molecule has 4 heteroatoms. The van der Waals surface area contributed by atoms with E-state index in [-0.39, 0.29) is 16.9 Å². The van der Waals surface area contributed by atoms with Crippen LogP contribution in [0.25, 0.3) is 0 Å². The van der Waals surface area contributed by atoms with Crippen molar-refractivity contribution in [2.45, 2.75) is 46.6 Å². The van der Waals surface area contributed by atoms with Crippen LogP contribution in [0, 0.1) is 5.41 Å².